The molecule has 1 atom stereocenters. The maximum absolute atomic E-state index is 11.4. The number of rotatable bonds is 4. The van der Waals surface area contributed by atoms with Crippen molar-refractivity contribution < 1.29 is 9.53 Å². The van der Waals surface area contributed by atoms with E-state index in [-0.39, 0.29) is 12.0 Å². The SMILES string of the molecule is CCC(C)Oc1cc(C(=O)NC)ccc1N. The van der Waals surface area contributed by atoms with Crippen molar-refractivity contribution in [3.05, 3.63) is 23.8 Å². The molecule has 3 N–H and O–H groups in total. The summed E-state index contributed by atoms with van der Waals surface area (Å²) in [6.45, 7) is 4.00. The van der Waals surface area contributed by atoms with E-state index in [2.05, 4.69) is 5.32 Å². The Morgan fingerprint density at radius 3 is 2.81 bits per heavy atom. The topological polar surface area (TPSA) is 64.3 Å². The van der Waals surface area contributed by atoms with Crippen LogP contribution in [0.15, 0.2) is 18.2 Å². The fourth-order valence-corrected chi connectivity index (χ4v) is 1.22. The molecule has 0 aliphatic rings. The van der Waals surface area contributed by atoms with Crippen molar-refractivity contribution in [3.63, 3.8) is 0 Å². The Hall–Kier alpha value is -1.71. The summed E-state index contributed by atoms with van der Waals surface area (Å²) in [4.78, 5) is 11.4. The Kier molecular flexibility index (Phi) is 4.17. The molecule has 0 bridgehead atoms. The smallest absolute Gasteiger partial charge is 0.251 e. The van der Waals surface area contributed by atoms with E-state index in [4.69, 9.17) is 10.5 Å². The lowest BCUT2D eigenvalue weighted by Crippen LogP contribution is -2.18. The Morgan fingerprint density at radius 2 is 2.25 bits per heavy atom. The van der Waals surface area contributed by atoms with Crippen LogP contribution < -0.4 is 15.8 Å². The number of nitrogens with one attached hydrogen (secondary N) is 1. The highest BCUT2D eigenvalue weighted by Gasteiger charge is 2.09. The summed E-state index contributed by atoms with van der Waals surface area (Å²) in [7, 11) is 1.59. The van der Waals surface area contributed by atoms with Crippen LogP contribution in [0.25, 0.3) is 0 Å². The molecule has 1 aromatic carbocycles. The van der Waals surface area contributed by atoms with E-state index >= 15 is 0 Å². The molecule has 0 aliphatic heterocycles. The Bertz CT molecular complexity index is 377. The van der Waals surface area contributed by atoms with E-state index in [9.17, 15) is 4.79 Å². The molecule has 4 heteroatoms. The summed E-state index contributed by atoms with van der Waals surface area (Å²) < 4.78 is 5.62. The number of carbonyl (C=O) groups is 1. The molecule has 0 heterocycles. The summed E-state index contributed by atoms with van der Waals surface area (Å²) in [5, 5.41) is 2.56. The molecule has 0 aromatic heterocycles. The van der Waals surface area contributed by atoms with Crippen molar-refractivity contribution in [2.45, 2.75) is 26.4 Å². The molecule has 0 radical (unpaired) electrons. The average Bonchev–Trinajstić information content (AvgIpc) is 2.30. The van der Waals surface area contributed by atoms with Gasteiger partial charge < -0.3 is 15.8 Å². The van der Waals surface area contributed by atoms with Crippen molar-refractivity contribution in [1.82, 2.24) is 5.32 Å². The molecular formula is C12H18N2O2. The molecule has 1 unspecified atom stereocenters. The summed E-state index contributed by atoms with van der Waals surface area (Å²) in [6, 6.07) is 5.03. The van der Waals surface area contributed by atoms with Gasteiger partial charge in [-0.1, -0.05) is 6.92 Å². The maximum atomic E-state index is 11.4. The molecule has 0 spiro atoms. The van der Waals surface area contributed by atoms with Gasteiger partial charge in [-0.2, -0.15) is 0 Å². The molecule has 88 valence electrons. The van der Waals surface area contributed by atoms with Gasteiger partial charge in [0.2, 0.25) is 0 Å². The van der Waals surface area contributed by atoms with E-state index in [0.29, 0.717) is 17.0 Å². The summed E-state index contributed by atoms with van der Waals surface area (Å²) in [5.74, 6) is 0.421. The van der Waals surface area contributed by atoms with Crippen LogP contribution in [-0.4, -0.2) is 19.1 Å². The first-order chi connectivity index (χ1) is 7.58. The number of amides is 1. The van der Waals surface area contributed by atoms with Crippen molar-refractivity contribution >= 4 is 11.6 Å². The van der Waals surface area contributed by atoms with Crippen LogP contribution in [0.2, 0.25) is 0 Å². The second-order valence-corrected chi connectivity index (χ2v) is 3.67. The number of nitrogens with two attached hydrogens (primary N) is 1. The second-order valence-electron chi connectivity index (χ2n) is 3.67. The predicted molar refractivity (Wildman–Crippen MR) is 64.6 cm³/mol. The number of hydrogen-bond donors (Lipinski definition) is 2. The standard InChI is InChI=1S/C12H18N2O2/c1-4-8(2)16-11-7-9(12(15)14-3)5-6-10(11)13/h5-8H,4,13H2,1-3H3,(H,14,15). The number of carbonyl (C=O) groups excluding carboxylic acids is 1. The van der Waals surface area contributed by atoms with Crippen LogP contribution in [0.5, 0.6) is 5.75 Å². The highest BCUT2D eigenvalue weighted by molar-refractivity contribution is 5.95. The van der Waals surface area contributed by atoms with Crippen LogP contribution >= 0.6 is 0 Å². The van der Waals surface area contributed by atoms with E-state index in [1.165, 1.54) is 0 Å². The van der Waals surface area contributed by atoms with Gasteiger partial charge in [0.1, 0.15) is 5.75 Å². The number of benzene rings is 1. The summed E-state index contributed by atoms with van der Waals surface area (Å²) in [6.07, 6.45) is 0.978. The van der Waals surface area contributed by atoms with Crippen LogP contribution in [0.3, 0.4) is 0 Å². The molecule has 0 fully saturated rings. The van der Waals surface area contributed by atoms with Gasteiger partial charge in [0.05, 0.1) is 11.8 Å². The van der Waals surface area contributed by atoms with E-state index in [1.54, 1.807) is 25.2 Å². The van der Waals surface area contributed by atoms with Gasteiger partial charge in [-0.3, -0.25) is 4.79 Å². The normalized spacial score (nSPS) is 11.9. The Balaban J connectivity index is 2.94. The number of nitrogen functional groups attached to an aromatic ring is 1. The first-order valence-corrected chi connectivity index (χ1v) is 5.36. The highest BCUT2D eigenvalue weighted by atomic mass is 16.5. The molecular weight excluding hydrogens is 204 g/mol. The first kappa shape index (κ1) is 12.4. The molecule has 0 aliphatic carbocycles. The lowest BCUT2D eigenvalue weighted by molar-refractivity contribution is 0.0962. The zero-order chi connectivity index (χ0) is 12.1. The zero-order valence-corrected chi connectivity index (χ0v) is 9.91. The fourth-order valence-electron chi connectivity index (χ4n) is 1.22. The molecule has 0 saturated carbocycles. The van der Waals surface area contributed by atoms with Crippen molar-refractivity contribution in [2.75, 3.05) is 12.8 Å². The monoisotopic (exact) mass is 222 g/mol. The van der Waals surface area contributed by atoms with Crippen LogP contribution in [0.4, 0.5) is 5.69 Å². The third-order valence-corrected chi connectivity index (χ3v) is 2.41. The fraction of sp³-hybridized carbons (Fsp3) is 0.417. The minimum absolute atomic E-state index is 0.0854. The molecule has 1 rings (SSSR count). The van der Waals surface area contributed by atoms with E-state index in [1.807, 2.05) is 13.8 Å². The second kappa shape index (κ2) is 5.39. The predicted octanol–water partition coefficient (Wildman–Crippen LogP) is 1.81. The number of ether oxygens (including phenoxy) is 1. The average molecular weight is 222 g/mol. The Morgan fingerprint density at radius 1 is 1.56 bits per heavy atom. The summed E-state index contributed by atoms with van der Waals surface area (Å²) >= 11 is 0. The van der Waals surface area contributed by atoms with E-state index in [0.717, 1.165) is 6.42 Å². The molecule has 0 saturated heterocycles. The van der Waals surface area contributed by atoms with Gasteiger partial charge >= 0.3 is 0 Å². The molecule has 16 heavy (non-hydrogen) atoms. The third kappa shape index (κ3) is 2.89. The third-order valence-electron chi connectivity index (χ3n) is 2.41. The van der Waals surface area contributed by atoms with Crippen LogP contribution in [0, 0.1) is 0 Å². The molecule has 1 amide bonds. The summed E-state index contributed by atoms with van der Waals surface area (Å²) in [5.41, 5.74) is 6.88. The van der Waals surface area contributed by atoms with Gasteiger partial charge in [-0.25, -0.2) is 0 Å². The minimum Gasteiger partial charge on any atom is -0.489 e. The Labute approximate surface area is 95.8 Å². The number of hydrogen-bond acceptors (Lipinski definition) is 3. The maximum Gasteiger partial charge on any atom is 0.251 e. The van der Waals surface area contributed by atoms with Crippen LogP contribution in [-0.2, 0) is 0 Å². The van der Waals surface area contributed by atoms with Crippen molar-refractivity contribution in [3.8, 4) is 5.75 Å². The van der Waals surface area contributed by atoms with Crippen LogP contribution in [0.1, 0.15) is 30.6 Å². The molecule has 4 nitrogen and oxygen atoms in total. The lowest BCUT2D eigenvalue weighted by Gasteiger charge is -2.15. The van der Waals surface area contributed by atoms with Gasteiger partial charge in [0, 0.05) is 12.6 Å². The van der Waals surface area contributed by atoms with Gasteiger partial charge in [-0.05, 0) is 31.5 Å². The van der Waals surface area contributed by atoms with Gasteiger partial charge in [0.15, 0.2) is 0 Å². The quantitative estimate of drug-likeness (QED) is 0.763. The van der Waals surface area contributed by atoms with Gasteiger partial charge in [-0.15, -0.1) is 0 Å². The largest absolute Gasteiger partial charge is 0.489 e. The zero-order valence-electron chi connectivity index (χ0n) is 9.91. The first-order valence-electron chi connectivity index (χ1n) is 5.36. The highest BCUT2D eigenvalue weighted by Crippen LogP contribution is 2.24. The molecule has 1 aromatic rings. The van der Waals surface area contributed by atoms with Gasteiger partial charge in [0.25, 0.3) is 5.91 Å². The minimum atomic E-state index is -0.144. The van der Waals surface area contributed by atoms with Crippen molar-refractivity contribution in [2.24, 2.45) is 0 Å². The van der Waals surface area contributed by atoms with E-state index < -0.39 is 0 Å². The number of anilines is 1. The lowest BCUT2D eigenvalue weighted by atomic mass is 10.1. The van der Waals surface area contributed by atoms with Crippen molar-refractivity contribution in [1.29, 1.82) is 0 Å².